The summed E-state index contributed by atoms with van der Waals surface area (Å²) in [5, 5.41) is 10.4. The molecular weight excluding hydrogens is 802 g/mol. The molecule has 2 aromatic heterocycles. The molecule has 17 heteroatoms. The van der Waals surface area contributed by atoms with E-state index in [1.807, 2.05) is 17.9 Å². The van der Waals surface area contributed by atoms with Crippen molar-refractivity contribution >= 4 is 40.1 Å². The van der Waals surface area contributed by atoms with E-state index in [9.17, 15) is 18.8 Å². The number of carbonyl (C=O) groups is 3. The highest BCUT2D eigenvalue weighted by molar-refractivity contribution is 6.05. The molecule has 1 saturated carbocycles. The Morgan fingerprint density at radius 2 is 1.71 bits per heavy atom. The van der Waals surface area contributed by atoms with Gasteiger partial charge in [-0.1, -0.05) is 0 Å². The molecule has 2 aromatic carbocycles. The van der Waals surface area contributed by atoms with Crippen LogP contribution in [0.4, 0.5) is 24.7 Å². The van der Waals surface area contributed by atoms with E-state index in [1.54, 1.807) is 18.2 Å². The monoisotopic (exact) mass is 854 g/mol. The van der Waals surface area contributed by atoms with Gasteiger partial charge < -0.3 is 24.3 Å². The highest BCUT2D eigenvalue weighted by atomic mass is 19.1. The Bertz CT molecular complexity index is 2410. The van der Waals surface area contributed by atoms with Crippen LogP contribution >= 0.6 is 0 Å². The molecule has 328 valence electrons. The maximum absolute atomic E-state index is 16.5. The number of imide groups is 1. The number of likely N-dealkylation sites (tertiary alicyclic amines) is 1. The number of H-pyrrole nitrogens is 1. The summed E-state index contributed by atoms with van der Waals surface area (Å²) < 4.78 is 53.3. The summed E-state index contributed by atoms with van der Waals surface area (Å²) in [5.41, 5.74) is 1.26. The molecule has 62 heavy (non-hydrogen) atoms. The van der Waals surface area contributed by atoms with Crippen molar-refractivity contribution in [2.24, 2.45) is 5.92 Å². The van der Waals surface area contributed by atoms with E-state index in [-0.39, 0.29) is 54.2 Å². The van der Waals surface area contributed by atoms with Gasteiger partial charge in [0.1, 0.15) is 35.2 Å². The number of nitrogens with one attached hydrogen (secondary N) is 2. The van der Waals surface area contributed by atoms with E-state index in [2.05, 4.69) is 47.1 Å². The van der Waals surface area contributed by atoms with Crippen LogP contribution in [0.3, 0.4) is 0 Å². The van der Waals surface area contributed by atoms with E-state index in [1.165, 1.54) is 17.3 Å². The van der Waals surface area contributed by atoms with Gasteiger partial charge >= 0.3 is 0 Å². The van der Waals surface area contributed by atoms with Crippen LogP contribution in [0.1, 0.15) is 81.1 Å². The average molecular weight is 855 g/mol. The summed E-state index contributed by atoms with van der Waals surface area (Å²) in [6, 6.07) is 7.69. The van der Waals surface area contributed by atoms with Gasteiger partial charge in [-0.3, -0.25) is 29.7 Å². The highest BCUT2D eigenvalue weighted by Gasteiger charge is 2.43. The highest BCUT2D eigenvalue weighted by Crippen LogP contribution is 2.42. The minimum atomic E-state index is -1.27. The number of fused-ring (bicyclic) bond motifs is 2. The second-order valence-electron chi connectivity index (χ2n) is 18.7. The average Bonchev–Trinajstić information content (AvgIpc) is 3.69. The van der Waals surface area contributed by atoms with Crippen LogP contribution in [0.5, 0.6) is 5.75 Å². The fourth-order valence-electron chi connectivity index (χ4n) is 10.1. The molecule has 2 N–H and O–H groups in total. The quantitative estimate of drug-likeness (QED) is 0.203. The number of piperidine rings is 3. The molecule has 0 radical (unpaired) electrons. The summed E-state index contributed by atoms with van der Waals surface area (Å²) in [5.74, 6) is -0.694. The molecule has 5 aliphatic heterocycles. The Morgan fingerprint density at radius 3 is 2.45 bits per heavy atom. The van der Waals surface area contributed by atoms with Gasteiger partial charge in [0.05, 0.1) is 23.4 Å². The summed E-state index contributed by atoms with van der Waals surface area (Å²) in [7, 11) is 0. The molecular formula is C45H53F3N10O4. The molecule has 1 aliphatic carbocycles. The number of carbonyl (C=O) groups excluding carboxylic acids is 3. The van der Waals surface area contributed by atoms with E-state index < -0.39 is 29.3 Å². The fraction of sp³-hybridized carbons (Fsp3) is 0.556. The molecule has 4 saturated heterocycles. The van der Waals surface area contributed by atoms with Crippen LogP contribution in [0.15, 0.2) is 36.7 Å². The zero-order valence-electron chi connectivity index (χ0n) is 35.3. The normalized spacial score (nSPS) is 24.5. The Kier molecular flexibility index (Phi) is 10.4. The first kappa shape index (κ1) is 40.8. The predicted molar refractivity (Wildman–Crippen MR) is 225 cm³/mol. The van der Waals surface area contributed by atoms with Crippen LogP contribution < -0.4 is 19.9 Å². The van der Waals surface area contributed by atoms with Gasteiger partial charge in [-0.05, 0) is 82.9 Å². The lowest BCUT2D eigenvalue weighted by atomic mass is 9.89. The predicted octanol–water partition coefficient (Wildman–Crippen LogP) is 5.22. The summed E-state index contributed by atoms with van der Waals surface area (Å²) in [6.07, 6.45) is 6.44. The van der Waals surface area contributed by atoms with Crippen LogP contribution in [-0.2, 0) is 16.1 Å². The fourth-order valence-corrected chi connectivity index (χ4v) is 10.1. The third kappa shape index (κ3) is 7.86. The van der Waals surface area contributed by atoms with E-state index >= 15 is 8.78 Å². The maximum atomic E-state index is 16.5. The number of halogens is 3. The number of aromatic amines is 1. The van der Waals surface area contributed by atoms with Crippen LogP contribution in [-0.4, -0.2) is 135 Å². The van der Waals surface area contributed by atoms with Crippen molar-refractivity contribution in [3.05, 3.63) is 59.4 Å². The molecule has 6 aliphatic rings. The number of aromatic nitrogens is 4. The minimum Gasteiger partial charge on any atom is -0.484 e. The van der Waals surface area contributed by atoms with Crippen molar-refractivity contribution in [2.45, 2.75) is 95.1 Å². The lowest BCUT2D eigenvalue weighted by molar-refractivity contribution is -0.136. The zero-order chi connectivity index (χ0) is 42.9. The number of anilines is 2. The standard InChI is InChI=1S/C45H53F3N10O4/c1-27-22-56(38-21-34(49-26-50-38)41-30-19-37(62-44(2)9-10-44)32(46)20-33(30)52-53-41)17-18-57(27)25-45(48)11-15-54(16-12-45)23-28-7-13-55(14-8-28)35-4-3-29-31(40(35)47)24-58(43(29)61)36-5-6-39(59)51-42(36)60/h3-4,19-21,26-28,36H,5-18,22-25H2,1-2H3,(H,52,53)(H,51,59,60)/t27-,36?/m0/s1. The van der Waals surface area contributed by atoms with Crippen molar-refractivity contribution in [3.63, 3.8) is 0 Å². The lowest BCUT2D eigenvalue weighted by Gasteiger charge is -2.45. The number of hydrogen-bond donors (Lipinski definition) is 2. The third-order valence-electron chi connectivity index (χ3n) is 14.2. The van der Waals surface area contributed by atoms with Crippen molar-refractivity contribution < 1.29 is 32.3 Å². The van der Waals surface area contributed by atoms with Crippen molar-refractivity contribution in [1.29, 1.82) is 0 Å². The van der Waals surface area contributed by atoms with Gasteiger partial charge in [0.15, 0.2) is 17.4 Å². The Morgan fingerprint density at radius 1 is 0.919 bits per heavy atom. The SMILES string of the molecule is C[C@H]1CN(c2cc(-c3n[nH]c4cc(F)c(OC5(C)CC5)cc34)ncn2)CCN1CC1(F)CCN(CC2CCN(c3ccc4c(c3F)CN(C3CCC(=O)NC3=O)C4=O)CC2)CC1. The van der Waals surface area contributed by atoms with E-state index in [0.29, 0.717) is 99.3 Å². The van der Waals surface area contributed by atoms with E-state index in [0.717, 1.165) is 43.4 Å². The maximum Gasteiger partial charge on any atom is 0.255 e. The first-order valence-corrected chi connectivity index (χ1v) is 22.1. The number of benzene rings is 2. The molecule has 4 aromatic rings. The van der Waals surface area contributed by atoms with Crippen molar-refractivity contribution in [1.82, 2.24) is 40.2 Å². The molecule has 14 nitrogen and oxygen atoms in total. The topological polar surface area (TPSA) is 143 Å². The number of nitrogens with zero attached hydrogens (tertiary/aromatic N) is 8. The van der Waals surface area contributed by atoms with Crippen LogP contribution in [0.2, 0.25) is 0 Å². The first-order chi connectivity index (χ1) is 29.8. The third-order valence-corrected chi connectivity index (χ3v) is 14.2. The molecule has 10 rings (SSSR count). The second-order valence-corrected chi connectivity index (χ2v) is 18.7. The number of rotatable bonds is 10. The number of alkyl halides is 1. The number of piperazine rings is 1. The number of hydrogen-bond acceptors (Lipinski definition) is 11. The number of ether oxygens (including phenoxy) is 1. The summed E-state index contributed by atoms with van der Waals surface area (Å²) >= 11 is 0. The number of amides is 3. The largest absolute Gasteiger partial charge is 0.484 e. The summed E-state index contributed by atoms with van der Waals surface area (Å²) in [6.45, 7) is 10.3. The Balaban J connectivity index is 0.695. The second kappa shape index (κ2) is 15.8. The van der Waals surface area contributed by atoms with Gasteiger partial charge in [-0.25, -0.2) is 23.1 Å². The molecule has 2 atom stereocenters. The molecule has 1 unspecified atom stereocenters. The zero-order valence-corrected chi connectivity index (χ0v) is 35.3. The molecule has 0 bridgehead atoms. The molecule has 7 heterocycles. The van der Waals surface area contributed by atoms with Gasteiger partial charge in [0, 0.05) is 100 Å². The Labute approximate surface area is 358 Å². The van der Waals surface area contributed by atoms with Crippen LogP contribution in [0, 0.1) is 17.6 Å². The summed E-state index contributed by atoms with van der Waals surface area (Å²) in [4.78, 5) is 56.6. The van der Waals surface area contributed by atoms with Gasteiger partial charge in [0.25, 0.3) is 5.91 Å². The first-order valence-electron chi connectivity index (χ1n) is 22.1. The Hall–Kier alpha value is -5.29. The van der Waals surface area contributed by atoms with Gasteiger partial charge in [-0.2, -0.15) is 5.10 Å². The van der Waals surface area contributed by atoms with Crippen molar-refractivity contribution in [2.75, 3.05) is 68.7 Å². The smallest absolute Gasteiger partial charge is 0.255 e. The van der Waals surface area contributed by atoms with E-state index in [4.69, 9.17) is 4.74 Å². The molecule has 5 fully saturated rings. The van der Waals surface area contributed by atoms with Gasteiger partial charge in [-0.15, -0.1) is 0 Å². The van der Waals surface area contributed by atoms with Gasteiger partial charge in [0.2, 0.25) is 11.8 Å². The molecule has 3 amide bonds. The molecule has 0 spiro atoms. The lowest BCUT2D eigenvalue weighted by Crippen LogP contribution is -2.57. The van der Waals surface area contributed by atoms with Crippen molar-refractivity contribution in [3.8, 4) is 17.1 Å². The van der Waals surface area contributed by atoms with Crippen LogP contribution in [0.25, 0.3) is 22.3 Å². The minimum absolute atomic E-state index is 0.00847.